The summed E-state index contributed by atoms with van der Waals surface area (Å²) in [6.07, 6.45) is -0.402. The van der Waals surface area contributed by atoms with Gasteiger partial charge in [0.25, 0.3) is 0 Å². The van der Waals surface area contributed by atoms with Crippen molar-refractivity contribution >= 4 is 39.7 Å². The second-order valence-corrected chi connectivity index (χ2v) is 7.76. The lowest BCUT2D eigenvalue weighted by Crippen LogP contribution is -2.64. The van der Waals surface area contributed by atoms with Crippen LogP contribution in [0.5, 0.6) is 0 Å². The number of benzene rings is 2. The summed E-state index contributed by atoms with van der Waals surface area (Å²) in [6.45, 7) is 3.54. The number of fused-ring (bicyclic) bond motifs is 3. The molecule has 7 heteroatoms. The van der Waals surface area contributed by atoms with Gasteiger partial charge in [0.15, 0.2) is 0 Å². The van der Waals surface area contributed by atoms with E-state index < -0.39 is 29.4 Å². The lowest BCUT2D eigenvalue weighted by atomic mass is 9.78. The Bertz CT molecular complexity index is 1090. The largest absolute Gasteiger partial charge is 0.389 e. The Balaban J connectivity index is 1.64. The average molecular weight is 407 g/mol. The van der Waals surface area contributed by atoms with Gasteiger partial charge in [-0.2, -0.15) is 0 Å². The minimum Gasteiger partial charge on any atom is -0.389 e. The van der Waals surface area contributed by atoms with E-state index >= 15 is 0 Å². The van der Waals surface area contributed by atoms with Crippen LogP contribution >= 0.6 is 0 Å². The van der Waals surface area contributed by atoms with Crippen molar-refractivity contribution in [1.82, 2.24) is 14.8 Å². The number of para-hydroxylation sites is 2. The Hall–Kier alpha value is -3.19. The first kappa shape index (κ1) is 20.1. The molecule has 0 bridgehead atoms. The fourth-order valence-electron chi connectivity index (χ4n) is 4.45. The highest BCUT2D eigenvalue weighted by Crippen LogP contribution is 2.33. The molecule has 156 valence electrons. The van der Waals surface area contributed by atoms with E-state index in [1.807, 2.05) is 53.1 Å². The highest BCUT2D eigenvalue weighted by molar-refractivity contribution is 6.19. The number of rotatable bonds is 6. The van der Waals surface area contributed by atoms with Crippen molar-refractivity contribution in [3.05, 3.63) is 48.5 Å². The molecule has 0 radical (unpaired) electrons. The van der Waals surface area contributed by atoms with E-state index in [-0.39, 0.29) is 13.1 Å². The number of hydrogen-bond acceptors (Lipinski definition) is 4. The SMILES string of the molecule is CCC1(CC)C(=O)NC(=O)N(CC(O)Cn2c3ccccc3c3ccccc32)C1=O. The molecule has 1 aromatic heterocycles. The maximum Gasteiger partial charge on any atom is 0.330 e. The molecule has 4 rings (SSSR count). The van der Waals surface area contributed by atoms with Gasteiger partial charge < -0.3 is 9.67 Å². The van der Waals surface area contributed by atoms with Crippen molar-refractivity contribution < 1.29 is 19.5 Å². The standard InChI is InChI=1S/C23H25N3O4/c1-3-23(4-2)20(28)24-22(30)26(21(23)29)14-15(27)13-25-18-11-7-5-9-16(18)17-10-6-8-12-19(17)25/h5-12,15,27H,3-4,13-14H2,1-2H3,(H,24,28,30). The van der Waals surface area contributed by atoms with E-state index in [0.717, 1.165) is 26.7 Å². The van der Waals surface area contributed by atoms with Crippen molar-refractivity contribution in [3.8, 4) is 0 Å². The third-order valence-electron chi connectivity index (χ3n) is 6.23. The quantitative estimate of drug-likeness (QED) is 0.615. The first-order valence-corrected chi connectivity index (χ1v) is 10.2. The van der Waals surface area contributed by atoms with Gasteiger partial charge in [-0.25, -0.2) is 4.79 Å². The minimum absolute atomic E-state index is 0.180. The third kappa shape index (κ3) is 2.97. The van der Waals surface area contributed by atoms with Gasteiger partial charge in [-0.15, -0.1) is 0 Å². The smallest absolute Gasteiger partial charge is 0.330 e. The van der Waals surface area contributed by atoms with E-state index in [1.165, 1.54) is 0 Å². The van der Waals surface area contributed by atoms with Gasteiger partial charge in [-0.05, 0) is 25.0 Å². The Morgan fingerprint density at radius 1 is 0.900 bits per heavy atom. The maximum absolute atomic E-state index is 13.0. The number of aliphatic hydroxyl groups excluding tert-OH is 1. The molecule has 2 aromatic carbocycles. The van der Waals surface area contributed by atoms with Gasteiger partial charge in [0, 0.05) is 21.8 Å². The molecule has 4 amide bonds. The van der Waals surface area contributed by atoms with Gasteiger partial charge >= 0.3 is 6.03 Å². The van der Waals surface area contributed by atoms with Crippen molar-refractivity contribution in [2.24, 2.45) is 5.41 Å². The summed E-state index contributed by atoms with van der Waals surface area (Å²) < 4.78 is 2.00. The number of hydrogen-bond donors (Lipinski definition) is 2. The van der Waals surface area contributed by atoms with Gasteiger partial charge in [0.05, 0.1) is 19.2 Å². The molecule has 0 aliphatic carbocycles. The molecule has 1 aliphatic rings. The number of imide groups is 2. The van der Waals surface area contributed by atoms with E-state index in [4.69, 9.17) is 0 Å². The number of urea groups is 1. The first-order valence-electron chi connectivity index (χ1n) is 10.2. The van der Waals surface area contributed by atoms with Crippen LogP contribution in [-0.2, 0) is 16.1 Å². The van der Waals surface area contributed by atoms with Crippen LogP contribution in [0.1, 0.15) is 26.7 Å². The van der Waals surface area contributed by atoms with Crippen molar-refractivity contribution in [3.63, 3.8) is 0 Å². The van der Waals surface area contributed by atoms with E-state index in [9.17, 15) is 19.5 Å². The second-order valence-electron chi connectivity index (χ2n) is 7.76. The number of nitrogens with zero attached hydrogens (tertiary/aromatic N) is 2. The van der Waals surface area contributed by atoms with E-state index in [0.29, 0.717) is 12.8 Å². The molecule has 2 N–H and O–H groups in total. The Kier molecular flexibility index (Phi) is 5.07. The summed E-state index contributed by atoms with van der Waals surface area (Å²) in [5.41, 5.74) is 0.679. The van der Waals surface area contributed by atoms with Gasteiger partial charge in [-0.3, -0.25) is 19.8 Å². The number of amides is 4. The second kappa shape index (κ2) is 7.57. The molecule has 0 saturated carbocycles. The molecular weight excluding hydrogens is 382 g/mol. The number of aliphatic hydroxyl groups is 1. The lowest BCUT2D eigenvalue weighted by molar-refractivity contribution is -0.153. The monoisotopic (exact) mass is 407 g/mol. The maximum atomic E-state index is 13.0. The van der Waals surface area contributed by atoms with Crippen LogP contribution in [0.4, 0.5) is 4.79 Å². The summed E-state index contributed by atoms with van der Waals surface area (Å²) in [6, 6.07) is 15.1. The zero-order valence-corrected chi connectivity index (χ0v) is 17.1. The normalized spacial score (nSPS) is 17.6. The van der Waals surface area contributed by atoms with Gasteiger partial charge in [0.2, 0.25) is 11.8 Å². The number of carbonyl (C=O) groups excluding carboxylic acids is 3. The highest BCUT2D eigenvalue weighted by atomic mass is 16.3. The molecule has 30 heavy (non-hydrogen) atoms. The van der Waals surface area contributed by atoms with Crippen molar-refractivity contribution in [2.45, 2.75) is 39.3 Å². The first-order chi connectivity index (χ1) is 14.4. The fourth-order valence-corrected chi connectivity index (χ4v) is 4.45. The highest BCUT2D eigenvalue weighted by Gasteiger charge is 2.51. The van der Waals surface area contributed by atoms with E-state index in [2.05, 4.69) is 5.32 Å². The van der Waals surface area contributed by atoms with Crippen LogP contribution in [0, 0.1) is 5.41 Å². The van der Waals surface area contributed by atoms with Crippen molar-refractivity contribution in [2.75, 3.05) is 6.54 Å². The Morgan fingerprint density at radius 2 is 1.43 bits per heavy atom. The minimum atomic E-state index is -1.26. The average Bonchev–Trinajstić information content (AvgIpc) is 3.06. The number of carbonyl (C=O) groups is 3. The molecule has 1 atom stereocenters. The molecule has 1 fully saturated rings. The van der Waals surface area contributed by atoms with Crippen LogP contribution in [0.15, 0.2) is 48.5 Å². The summed E-state index contributed by atoms with van der Waals surface area (Å²) in [5.74, 6) is -1.10. The number of nitrogens with one attached hydrogen (secondary N) is 1. The van der Waals surface area contributed by atoms with E-state index in [1.54, 1.807) is 13.8 Å². The molecular formula is C23H25N3O4. The number of β-amino-alcohol motifs (C(OH)–C–C–N with tert-alkyl or cyclic N) is 1. The summed E-state index contributed by atoms with van der Waals surface area (Å²) in [5, 5.41) is 15.3. The van der Waals surface area contributed by atoms with Crippen LogP contribution in [0.2, 0.25) is 0 Å². The number of barbiturate groups is 1. The zero-order chi connectivity index (χ0) is 21.5. The van der Waals surface area contributed by atoms with Crippen LogP contribution in [-0.4, -0.2) is 45.1 Å². The van der Waals surface area contributed by atoms with Gasteiger partial charge in [-0.1, -0.05) is 50.2 Å². The van der Waals surface area contributed by atoms with Crippen LogP contribution in [0.25, 0.3) is 21.8 Å². The predicted molar refractivity (Wildman–Crippen MR) is 114 cm³/mol. The fraction of sp³-hybridized carbons (Fsp3) is 0.348. The Labute approximate surface area is 174 Å². The molecule has 1 aliphatic heterocycles. The van der Waals surface area contributed by atoms with Gasteiger partial charge in [0.1, 0.15) is 5.41 Å². The number of aromatic nitrogens is 1. The van der Waals surface area contributed by atoms with Crippen LogP contribution in [0.3, 0.4) is 0 Å². The van der Waals surface area contributed by atoms with Crippen LogP contribution < -0.4 is 5.32 Å². The molecule has 1 unspecified atom stereocenters. The summed E-state index contributed by atoms with van der Waals surface area (Å²) in [4.78, 5) is 38.7. The lowest BCUT2D eigenvalue weighted by Gasteiger charge is -2.38. The van der Waals surface area contributed by atoms with Crippen molar-refractivity contribution in [1.29, 1.82) is 0 Å². The zero-order valence-electron chi connectivity index (χ0n) is 17.1. The Morgan fingerprint density at radius 3 is 1.97 bits per heavy atom. The molecule has 7 nitrogen and oxygen atoms in total. The molecule has 2 heterocycles. The summed E-state index contributed by atoms with van der Waals surface area (Å²) in [7, 11) is 0. The third-order valence-corrected chi connectivity index (χ3v) is 6.23. The topological polar surface area (TPSA) is 91.6 Å². The summed E-state index contributed by atoms with van der Waals surface area (Å²) >= 11 is 0. The molecule has 0 spiro atoms. The molecule has 3 aromatic rings. The predicted octanol–water partition coefficient (Wildman–Crippen LogP) is 3.04. The molecule has 1 saturated heterocycles.